The molecule has 6 nitrogen and oxygen atoms in total. The van der Waals surface area contributed by atoms with Crippen LogP contribution in [0, 0.1) is 0 Å². The summed E-state index contributed by atoms with van der Waals surface area (Å²) < 4.78 is 4.46. The van der Waals surface area contributed by atoms with Gasteiger partial charge in [0.05, 0.1) is 18.2 Å². The van der Waals surface area contributed by atoms with E-state index in [1.54, 1.807) is 6.07 Å². The quantitative estimate of drug-likeness (QED) is 0.813. The van der Waals surface area contributed by atoms with Gasteiger partial charge in [0.15, 0.2) is 0 Å². The summed E-state index contributed by atoms with van der Waals surface area (Å²) in [5.74, 6) is -1.20. The molecule has 0 fully saturated rings. The molecule has 0 aliphatic carbocycles. The number of rotatable bonds is 2. The third-order valence-corrected chi connectivity index (χ3v) is 2.20. The first-order chi connectivity index (χ1) is 9.54. The van der Waals surface area contributed by atoms with Crippen LogP contribution in [-0.2, 0) is 4.74 Å². The molecule has 1 aromatic carbocycles. The number of carboxylic acid groups (broad SMARTS) is 1. The van der Waals surface area contributed by atoms with Gasteiger partial charge in [0, 0.05) is 12.4 Å². The molecular formula is C14H13NO5. The zero-order valence-electron chi connectivity index (χ0n) is 10.7. The van der Waals surface area contributed by atoms with Crippen molar-refractivity contribution >= 4 is 11.9 Å². The number of phenolic OH excluding ortho intramolecular Hbond substituents is 1. The lowest BCUT2D eigenvalue weighted by Crippen LogP contribution is -1.99. The molecule has 0 bridgehead atoms. The zero-order chi connectivity index (χ0) is 15.0. The second kappa shape index (κ2) is 7.52. The highest BCUT2D eigenvalue weighted by molar-refractivity contribution is 5.89. The summed E-state index contributed by atoms with van der Waals surface area (Å²) >= 11 is 0. The number of hydrogen-bond acceptors (Lipinski definition) is 5. The van der Waals surface area contributed by atoms with Crippen molar-refractivity contribution in [1.29, 1.82) is 0 Å². The molecule has 104 valence electrons. The number of ether oxygens (including phenoxy) is 1. The second-order valence-electron chi connectivity index (χ2n) is 3.59. The standard InChI is InChI=1S/C8H8O3.C6H5NO2/c1-11-8(10)6-2-4-7(9)5-3-6;8-6(9)5-2-1-3-7-4-5/h2-5,9H,1H3;1-4H,(H,8,9). The number of carboxylic acids is 1. The first kappa shape index (κ1) is 15.2. The average molecular weight is 275 g/mol. The van der Waals surface area contributed by atoms with E-state index in [2.05, 4.69) is 9.72 Å². The summed E-state index contributed by atoms with van der Waals surface area (Å²) in [4.78, 5) is 24.6. The molecule has 0 aliphatic heterocycles. The minimum atomic E-state index is -0.942. The first-order valence-corrected chi connectivity index (χ1v) is 5.55. The van der Waals surface area contributed by atoms with E-state index in [0.29, 0.717) is 5.56 Å². The van der Waals surface area contributed by atoms with Crippen LogP contribution < -0.4 is 0 Å². The van der Waals surface area contributed by atoms with Crippen molar-refractivity contribution in [2.45, 2.75) is 0 Å². The van der Waals surface area contributed by atoms with Crippen molar-refractivity contribution in [2.24, 2.45) is 0 Å². The van der Waals surface area contributed by atoms with Crippen LogP contribution in [0.4, 0.5) is 0 Å². The third kappa shape index (κ3) is 4.77. The molecule has 0 aliphatic rings. The second-order valence-corrected chi connectivity index (χ2v) is 3.59. The number of carbonyl (C=O) groups is 2. The van der Waals surface area contributed by atoms with Crippen molar-refractivity contribution in [3.8, 4) is 5.75 Å². The number of benzene rings is 1. The minimum Gasteiger partial charge on any atom is -0.508 e. The van der Waals surface area contributed by atoms with Crippen LogP contribution in [0.5, 0.6) is 5.75 Å². The molecule has 0 saturated heterocycles. The fourth-order valence-corrected chi connectivity index (χ4v) is 1.20. The van der Waals surface area contributed by atoms with Gasteiger partial charge in [-0.05, 0) is 36.4 Å². The van der Waals surface area contributed by atoms with E-state index in [0.717, 1.165) is 0 Å². The summed E-state index contributed by atoms with van der Waals surface area (Å²) in [5, 5.41) is 17.2. The van der Waals surface area contributed by atoms with E-state index >= 15 is 0 Å². The fourth-order valence-electron chi connectivity index (χ4n) is 1.20. The third-order valence-electron chi connectivity index (χ3n) is 2.20. The molecular weight excluding hydrogens is 262 g/mol. The lowest BCUT2D eigenvalue weighted by molar-refractivity contribution is 0.0599. The van der Waals surface area contributed by atoms with Crippen LogP contribution in [0.1, 0.15) is 20.7 Å². The van der Waals surface area contributed by atoms with Crippen molar-refractivity contribution in [1.82, 2.24) is 4.98 Å². The number of pyridine rings is 1. The number of methoxy groups -OCH3 is 1. The Morgan fingerprint density at radius 2 is 1.75 bits per heavy atom. The van der Waals surface area contributed by atoms with Crippen LogP contribution in [0.15, 0.2) is 48.8 Å². The van der Waals surface area contributed by atoms with Gasteiger partial charge in [-0.2, -0.15) is 0 Å². The maximum absolute atomic E-state index is 10.8. The molecule has 0 saturated carbocycles. The number of aromatic nitrogens is 1. The summed E-state index contributed by atoms with van der Waals surface area (Å²) in [6.07, 6.45) is 2.84. The number of esters is 1. The molecule has 2 N–H and O–H groups in total. The predicted molar refractivity (Wildman–Crippen MR) is 70.6 cm³/mol. The summed E-state index contributed by atoms with van der Waals surface area (Å²) in [5.41, 5.74) is 0.655. The van der Waals surface area contributed by atoms with Gasteiger partial charge in [0.2, 0.25) is 0 Å². The highest BCUT2D eigenvalue weighted by Crippen LogP contribution is 2.09. The van der Waals surface area contributed by atoms with Gasteiger partial charge in [-0.1, -0.05) is 0 Å². The van der Waals surface area contributed by atoms with Gasteiger partial charge >= 0.3 is 11.9 Å². The molecule has 0 unspecified atom stereocenters. The number of aromatic hydroxyl groups is 1. The Morgan fingerprint density at radius 1 is 1.10 bits per heavy atom. The molecule has 6 heteroatoms. The SMILES string of the molecule is COC(=O)c1ccc(O)cc1.O=C(O)c1cccnc1. The Labute approximate surface area is 115 Å². The number of carbonyl (C=O) groups excluding carboxylic acids is 1. The zero-order valence-corrected chi connectivity index (χ0v) is 10.7. The Balaban J connectivity index is 0.000000204. The lowest BCUT2D eigenvalue weighted by atomic mass is 10.2. The number of nitrogens with zero attached hydrogens (tertiary/aromatic N) is 1. The molecule has 0 radical (unpaired) electrons. The molecule has 0 amide bonds. The number of phenols is 1. The van der Waals surface area contributed by atoms with E-state index in [1.807, 2.05) is 0 Å². The highest BCUT2D eigenvalue weighted by atomic mass is 16.5. The Kier molecular flexibility index (Phi) is 5.71. The summed E-state index contributed by atoms with van der Waals surface area (Å²) in [6, 6.07) is 8.96. The monoisotopic (exact) mass is 275 g/mol. The van der Waals surface area contributed by atoms with Crippen LogP contribution >= 0.6 is 0 Å². The van der Waals surface area contributed by atoms with Crippen molar-refractivity contribution in [3.05, 3.63) is 59.9 Å². The van der Waals surface area contributed by atoms with Crippen LogP contribution in [-0.4, -0.2) is 34.2 Å². The Hall–Kier alpha value is -2.89. The van der Waals surface area contributed by atoms with Crippen molar-refractivity contribution < 1.29 is 24.5 Å². The van der Waals surface area contributed by atoms with Crippen LogP contribution in [0.25, 0.3) is 0 Å². The Bertz CT molecular complexity index is 566. The van der Waals surface area contributed by atoms with E-state index in [-0.39, 0.29) is 11.3 Å². The maximum atomic E-state index is 10.8. The Morgan fingerprint density at radius 3 is 2.15 bits per heavy atom. The molecule has 1 heterocycles. The van der Waals surface area contributed by atoms with Crippen molar-refractivity contribution in [3.63, 3.8) is 0 Å². The van der Waals surface area contributed by atoms with E-state index in [4.69, 9.17) is 10.2 Å². The number of aromatic carboxylic acids is 1. The summed E-state index contributed by atoms with van der Waals surface area (Å²) in [7, 11) is 1.31. The van der Waals surface area contributed by atoms with Gasteiger partial charge in [0.1, 0.15) is 5.75 Å². The largest absolute Gasteiger partial charge is 0.508 e. The fraction of sp³-hybridized carbons (Fsp3) is 0.0714. The molecule has 2 aromatic rings. The van der Waals surface area contributed by atoms with Crippen LogP contribution in [0.2, 0.25) is 0 Å². The smallest absolute Gasteiger partial charge is 0.337 e. The first-order valence-electron chi connectivity index (χ1n) is 5.55. The maximum Gasteiger partial charge on any atom is 0.337 e. The number of hydrogen-bond donors (Lipinski definition) is 2. The summed E-state index contributed by atoms with van der Waals surface area (Å²) in [6.45, 7) is 0. The van der Waals surface area contributed by atoms with Crippen LogP contribution in [0.3, 0.4) is 0 Å². The predicted octanol–water partition coefficient (Wildman–Crippen LogP) is 1.96. The molecule has 0 spiro atoms. The van der Waals surface area contributed by atoms with E-state index in [1.165, 1.54) is 49.8 Å². The van der Waals surface area contributed by atoms with Gasteiger partial charge in [-0.15, -0.1) is 0 Å². The normalized spacial score (nSPS) is 9.05. The highest BCUT2D eigenvalue weighted by Gasteiger charge is 2.02. The molecule has 1 aromatic heterocycles. The van der Waals surface area contributed by atoms with E-state index < -0.39 is 11.9 Å². The lowest BCUT2D eigenvalue weighted by Gasteiger charge is -1.97. The molecule has 20 heavy (non-hydrogen) atoms. The van der Waals surface area contributed by atoms with Gasteiger partial charge in [-0.3, -0.25) is 4.98 Å². The topological polar surface area (TPSA) is 96.7 Å². The van der Waals surface area contributed by atoms with Gasteiger partial charge in [-0.25, -0.2) is 9.59 Å². The van der Waals surface area contributed by atoms with Gasteiger partial charge in [0.25, 0.3) is 0 Å². The van der Waals surface area contributed by atoms with E-state index in [9.17, 15) is 9.59 Å². The van der Waals surface area contributed by atoms with Crippen molar-refractivity contribution in [2.75, 3.05) is 7.11 Å². The average Bonchev–Trinajstić information content (AvgIpc) is 2.49. The molecule has 2 rings (SSSR count). The minimum absolute atomic E-state index is 0.137. The van der Waals surface area contributed by atoms with Gasteiger partial charge < -0.3 is 14.9 Å². The molecule has 0 atom stereocenters.